The molecule has 2 aromatic rings. The van der Waals surface area contributed by atoms with Gasteiger partial charge in [0.2, 0.25) is 0 Å². The zero-order valence-electron chi connectivity index (χ0n) is 19.0. The molecule has 6 heteroatoms. The van der Waals surface area contributed by atoms with Crippen molar-refractivity contribution >= 4 is 17.5 Å². The minimum atomic E-state index is -0.173. The molecule has 1 heterocycles. The Morgan fingerprint density at radius 1 is 1.10 bits per heavy atom. The van der Waals surface area contributed by atoms with Crippen LogP contribution in [-0.2, 0) is 4.79 Å². The fourth-order valence-electron chi connectivity index (χ4n) is 3.61. The molecular weight excluding hydrogens is 414 g/mol. The van der Waals surface area contributed by atoms with Crippen LogP contribution in [0.1, 0.15) is 62.8 Å². The van der Waals surface area contributed by atoms with E-state index in [-0.39, 0.29) is 30.4 Å². The van der Waals surface area contributed by atoms with Crippen molar-refractivity contribution in [3.63, 3.8) is 0 Å². The molecule has 0 saturated heterocycles. The number of benzene rings is 2. The van der Waals surface area contributed by atoms with Gasteiger partial charge < -0.3 is 19.5 Å². The van der Waals surface area contributed by atoms with E-state index in [1.54, 1.807) is 0 Å². The molecule has 0 unspecified atom stereocenters. The monoisotopic (exact) mass is 445 g/mol. The molecule has 3 rings (SSSR count). The lowest BCUT2D eigenvalue weighted by Crippen LogP contribution is -2.35. The first-order valence-electron chi connectivity index (χ1n) is 10.9. The molecule has 0 aromatic heterocycles. The van der Waals surface area contributed by atoms with Crippen LogP contribution in [0.5, 0.6) is 17.2 Å². The molecule has 0 bridgehead atoms. The summed E-state index contributed by atoms with van der Waals surface area (Å²) in [7, 11) is 0. The zero-order valence-corrected chi connectivity index (χ0v) is 19.7. The highest BCUT2D eigenvalue weighted by Gasteiger charge is 2.22. The maximum Gasteiger partial charge on any atom is 0.258 e. The summed E-state index contributed by atoms with van der Waals surface area (Å²) >= 11 is 6.27. The van der Waals surface area contributed by atoms with Crippen molar-refractivity contribution < 1.29 is 19.0 Å². The van der Waals surface area contributed by atoms with Gasteiger partial charge in [-0.15, -0.1) is 0 Å². The second-order valence-electron chi connectivity index (χ2n) is 8.63. The highest BCUT2D eigenvalue weighted by atomic mass is 35.5. The van der Waals surface area contributed by atoms with Gasteiger partial charge in [-0.1, -0.05) is 45.4 Å². The van der Waals surface area contributed by atoms with E-state index in [2.05, 4.69) is 33.0 Å². The van der Waals surface area contributed by atoms with E-state index in [0.717, 1.165) is 34.6 Å². The average Bonchev–Trinajstić information content (AvgIpc) is 2.97. The smallest absolute Gasteiger partial charge is 0.258 e. The highest BCUT2D eigenvalue weighted by Crippen LogP contribution is 2.34. The number of rotatable bonds is 7. The predicted molar refractivity (Wildman–Crippen MR) is 124 cm³/mol. The summed E-state index contributed by atoms with van der Waals surface area (Å²) in [5.41, 5.74) is 2.90. The predicted octanol–water partition coefficient (Wildman–Crippen LogP) is 5.83. The van der Waals surface area contributed by atoms with Gasteiger partial charge in [-0.25, -0.2) is 0 Å². The molecule has 2 aromatic carbocycles. The lowest BCUT2D eigenvalue weighted by molar-refractivity contribution is -0.124. The Hall–Kier alpha value is -2.40. The molecule has 1 amide bonds. The fourth-order valence-corrected chi connectivity index (χ4v) is 3.79. The lowest BCUT2D eigenvalue weighted by atomic mass is 9.95. The van der Waals surface area contributed by atoms with Crippen molar-refractivity contribution in [3.8, 4) is 17.2 Å². The number of hydrogen-bond donors (Lipinski definition) is 1. The van der Waals surface area contributed by atoms with Gasteiger partial charge in [-0.2, -0.15) is 0 Å². The van der Waals surface area contributed by atoms with Gasteiger partial charge >= 0.3 is 0 Å². The summed E-state index contributed by atoms with van der Waals surface area (Å²) in [6.07, 6.45) is 0.855. The standard InChI is InChI=1S/C25H32ClNO4/c1-15(2)19-13-20(26)17(5)11-22(19)31-14-24(28)27-25(16(3)4)18-7-8-21-23(12-18)30-10-6-9-29-21/h7-8,11-13,15-16,25H,6,9-10,14H2,1-5H3,(H,27,28)/t25-/m0/s1. The van der Waals surface area contributed by atoms with Gasteiger partial charge in [-0.3, -0.25) is 4.79 Å². The van der Waals surface area contributed by atoms with Crippen molar-refractivity contribution in [2.24, 2.45) is 5.92 Å². The van der Waals surface area contributed by atoms with Crippen LogP contribution in [0.25, 0.3) is 0 Å². The summed E-state index contributed by atoms with van der Waals surface area (Å²) in [4.78, 5) is 12.8. The fraction of sp³-hybridized carbons (Fsp3) is 0.480. The second kappa shape index (κ2) is 10.3. The molecule has 31 heavy (non-hydrogen) atoms. The molecule has 1 N–H and O–H groups in total. The van der Waals surface area contributed by atoms with Crippen molar-refractivity contribution in [3.05, 3.63) is 52.0 Å². The van der Waals surface area contributed by atoms with Crippen molar-refractivity contribution in [1.82, 2.24) is 5.32 Å². The van der Waals surface area contributed by atoms with Gasteiger partial charge in [0.25, 0.3) is 5.91 Å². The molecule has 0 aliphatic carbocycles. The first kappa shape index (κ1) is 23.3. The first-order valence-corrected chi connectivity index (χ1v) is 11.3. The molecule has 0 saturated carbocycles. The molecule has 168 valence electrons. The summed E-state index contributed by atoms with van der Waals surface area (Å²) in [6.45, 7) is 11.5. The van der Waals surface area contributed by atoms with Crippen LogP contribution in [0.4, 0.5) is 0 Å². The van der Waals surface area contributed by atoms with Crippen LogP contribution in [0.3, 0.4) is 0 Å². The van der Waals surface area contributed by atoms with Crippen LogP contribution in [0.2, 0.25) is 5.02 Å². The normalized spacial score (nSPS) is 14.3. The topological polar surface area (TPSA) is 56.8 Å². The van der Waals surface area contributed by atoms with E-state index in [0.29, 0.717) is 24.0 Å². The van der Waals surface area contributed by atoms with Gasteiger partial charge in [0.15, 0.2) is 18.1 Å². The lowest BCUT2D eigenvalue weighted by Gasteiger charge is -2.24. The summed E-state index contributed by atoms with van der Waals surface area (Å²) < 4.78 is 17.4. The Balaban J connectivity index is 1.71. The number of ether oxygens (including phenoxy) is 3. The largest absolute Gasteiger partial charge is 0.490 e. The number of hydrogen-bond acceptors (Lipinski definition) is 4. The van der Waals surface area contributed by atoms with Crippen molar-refractivity contribution in [1.29, 1.82) is 0 Å². The highest BCUT2D eigenvalue weighted by molar-refractivity contribution is 6.31. The average molecular weight is 446 g/mol. The number of carbonyl (C=O) groups excluding carboxylic acids is 1. The molecular formula is C25H32ClNO4. The third kappa shape index (κ3) is 5.85. The van der Waals surface area contributed by atoms with Gasteiger partial charge in [0, 0.05) is 11.4 Å². The van der Waals surface area contributed by atoms with Crippen molar-refractivity contribution in [2.75, 3.05) is 19.8 Å². The Kier molecular flexibility index (Phi) is 7.71. The second-order valence-corrected chi connectivity index (χ2v) is 9.04. The number of nitrogens with one attached hydrogen (secondary N) is 1. The summed E-state index contributed by atoms with van der Waals surface area (Å²) in [5, 5.41) is 3.82. The quantitative estimate of drug-likeness (QED) is 0.582. The van der Waals surface area contributed by atoms with E-state index in [9.17, 15) is 4.79 Å². The molecule has 1 aliphatic rings. The number of amides is 1. The van der Waals surface area contributed by atoms with E-state index in [1.165, 1.54) is 0 Å². The maximum absolute atomic E-state index is 12.8. The van der Waals surface area contributed by atoms with Crippen LogP contribution in [-0.4, -0.2) is 25.7 Å². The van der Waals surface area contributed by atoms with Gasteiger partial charge in [-0.05, 0) is 59.7 Å². The number of halogens is 1. The molecule has 5 nitrogen and oxygen atoms in total. The molecule has 0 radical (unpaired) electrons. The van der Waals surface area contributed by atoms with Crippen LogP contribution in [0.15, 0.2) is 30.3 Å². The Bertz CT molecular complexity index is 926. The van der Waals surface area contributed by atoms with Crippen LogP contribution < -0.4 is 19.5 Å². The number of fused-ring (bicyclic) bond motifs is 1. The first-order chi connectivity index (χ1) is 14.8. The SMILES string of the molecule is Cc1cc(OCC(=O)N[C@H](c2ccc3c(c2)OCCCO3)C(C)C)c(C(C)C)cc1Cl. The maximum atomic E-state index is 12.8. The minimum Gasteiger partial charge on any atom is -0.490 e. The number of carbonyl (C=O) groups is 1. The molecule has 0 spiro atoms. The number of aryl methyl sites for hydroxylation is 1. The molecule has 1 atom stereocenters. The molecule has 0 fully saturated rings. The van der Waals surface area contributed by atoms with Crippen molar-refractivity contribution in [2.45, 2.75) is 53.0 Å². The van der Waals surface area contributed by atoms with E-state index in [1.807, 2.05) is 37.3 Å². The summed E-state index contributed by atoms with van der Waals surface area (Å²) in [6, 6.07) is 9.52. The Morgan fingerprint density at radius 3 is 2.48 bits per heavy atom. The van der Waals surface area contributed by atoms with Gasteiger partial charge in [0.05, 0.1) is 19.3 Å². The minimum absolute atomic E-state index is 0.0609. The summed E-state index contributed by atoms with van der Waals surface area (Å²) in [5.74, 6) is 2.43. The Morgan fingerprint density at radius 2 is 1.81 bits per heavy atom. The van der Waals surface area contributed by atoms with E-state index in [4.69, 9.17) is 25.8 Å². The van der Waals surface area contributed by atoms with E-state index < -0.39 is 0 Å². The van der Waals surface area contributed by atoms with Crippen LogP contribution in [0, 0.1) is 12.8 Å². The van der Waals surface area contributed by atoms with Gasteiger partial charge in [0.1, 0.15) is 5.75 Å². The Labute approximate surface area is 190 Å². The zero-order chi connectivity index (χ0) is 22.5. The third-order valence-electron chi connectivity index (χ3n) is 5.39. The van der Waals surface area contributed by atoms with E-state index >= 15 is 0 Å². The molecule has 1 aliphatic heterocycles. The third-order valence-corrected chi connectivity index (χ3v) is 5.79. The van der Waals surface area contributed by atoms with Crippen LogP contribution >= 0.6 is 11.6 Å².